The predicted molar refractivity (Wildman–Crippen MR) is 66.4 cm³/mol. The number of aliphatic carboxylic acids is 1. The summed E-state index contributed by atoms with van der Waals surface area (Å²) in [4.78, 5) is 21.8. The molecule has 1 N–H and O–H groups in total. The van der Waals surface area contributed by atoms with Gasteiger partial charge in [0.25, 0.3) is 0 Å². The second kappa shape index (κ2) is 7.99. The molecular weight excluding hydrogens is 405 g/mol. The summed E-state index contributed by atoms with van der Waals surface area (Å²) in [7, 11) is 1.37. The van der Waals surface area contributed by atoms with E-state index in [1.165, 1.54) is 7.11 Å². The maximum atomic E-state index is 11.4. The van der Waals surface area contributed by atoms with Crippen LogP contribution in [0.2, 0.25) is 0 Å². The van der Waals surface area contributed by atoms with E-state index >= 15 is 0 Å². The summed E-state index contributed by atoms with van der Waals surface area (Å²) in [5, 5.41) is 8.49. The van der Waals surface area contributed by atoms with Crippen LogP contribution in [-0.2, 0) is 14.3 Å². The summed E-state index contributed by atoms with van der Waals surface area (Å²) in [6.07, 6.45) is 1.47. The Morgan fingerprint density at radius 1 is 1.38 bits per heavy atom. The van der Waals surface area contributed by atoms with Gasteiger partial charge in [-0.1, -0.05) is 6.92 Å². The van der Waals surface area contributed by atoms with Crippen LogP contribution in [0, 0.1) is 11.3 Å². The molecule has 0 aliphatic rings. The monoisotopic (exact) mass is 428 g/mol. The molecule has 1 atom stereocenters. The molecule has 0 rings (SSSR count). The molecule has 0 fully saturated rings. The summed E-state index contributed by atoms with van der Waals surface area (Å²) >= 11 is 0. The first-order valence-electron chi connectivity index (χ1n) is 5.12. The van der Waals surface area contributed by atoms with Gasteiger partial charge in [-0.25, -0.2) is 0 Å². The van der Waals surface area contributed by atoms with Crippen LogP contribution in [0.5, 0.6) is 0 Å². The zero-order valence-electron chi connectivity index (χ0n) is 10.6. The molecule has 16 heavy (non-hydrogen) atoms. The molecule has 0 aromatic rings. The zero-order valence-corrected chi connectivity index (χ0v) is 16.1. The molecule has 0 saturated heterocycles. The molecule has 0 aromatic carbocycles. The van der Waals surface area contributed by atoms with Crippen molar-refractivity contribution in [1.82, 2.24) is 0 Å². The fraction of sp³-hybridized carbons (Fsp3) is 0.818. The number of hydrogen-bond donors (Lipinski definition) is 1. The summed E-state index contributed by atoms with van der Waals surface area (Å²) in [5.41, 5.74) is -0.548. The van der Waals surface area contributed by atoms with Gasteiger partial charge >= 0.3 is 38.1 Å². The van der Waals surface area contributed by atoms with Crippen molar-refractivity contribution in [3.8, 4) is 0 Å². The van der Waals surface area contributed by atoms with Crippen molar-refractivity contribution in [2.75, 3.05) is 7.11 Å². The van der Waals surface area contributed by atoms with Crippen LogP contribution < -0.4 is 0 Å². The van der Waals surface area contributed by atoms with Crippen molar-refractivity contribution in [1.29, 1.82) is 0 Å². The number of hydrogen-bond acceptors (Lipinski definition) is 3. The van der Waals surface area contributed by atoms with Crippen LogP contribution in [0.1, 0.15) is 40.0 Å². The van der Waals surface area contributed by atoms with Gasteiger partial charge in [0.05, 0.1) is 12.5 Å². The number of ether oxygens (including phenoxy) is 1. The second-order valence-electron chi connectivity index (χ2n) is 4.40. The molecule has 0 aromatic heterocycles. The molecule has 0 radical (unpaired) electrons. The predicted octanol–water partition coefficient (Wildman–Crippen LogP) is 0.893. The zero-order chi connectivity index (χ0) is 12.1. The molecular formula is C11H23BiO4. The van der Waals surface area contributed by atoms with E-state index in [-0.39, 0.29) is 44.5 Å². The van der Waals surface area contributed by atoms with E-state index in [9.17, 15) is 9.59 Å². The fourth-order valence-corrected chi connectivity index (χ4v) is 1.38. The van der Waals surface area contributed by atoms with Gasteiger partial charge in [-0.3, -0.25) is 9.59 Å². The third-order valence-corrected chi connectivity index (χ3v) is 2.97. The topological polar surface area (TPSA) is 63.6 Å². The first-order chi connectivity index (χ1) is 6.82. The summed E-state index contributed by atoms with van der Waals surface area (Å²) in [5.74, 6) is -0.923. The van der Waals surface area contributed by atoms with Crippen LogP contribution in [-0.4, -0.2) is 50.4 Å². The quantitative estimate of drug-likeness (QED) is 0.505. The van der Waals surface area contributed by atoms with Crippen molar-refractivity contribution in [2.45, 2.75) is 40.0 Å². The average molecular weight is 428 g/mol. The van der Waals surface area contributed by atoms with Gasteiger partial charge in [0.15, 0.2) is 0 Å². The van der Waals surface area contributed by atoms with Crippen LogP contribution in [0.25, 0.3) is 0 Å². The number of carbonyl (C=O) groups excluding carboxylic acids is 1. The minimum atomic E-state index is -0.793. The Morgan fingerprint density at radius 2 is 1.88 bits per heavy atom. The molecule has 1 unspecified atom stereocenters. The fourth-order valence-electron chi connectivity index (χ4n) is 1.38. The van der Waals surface area contributed by atoms with Crippen LogP contribution in [0.15, 0.2) is 0 Å². The number of carboxylic acid groups (broad SMARTS) is 1. The third-order valence-electron chi connectivity index (χ3n) is 2.97. The second-order valence-corrected chi connectivity index (χ2v) is 4.40. The van der Waals surface area contributed by atoms with Gasteiger partial charge in [-0.2, -0.15) is 0 Å². The maximum absolute atomic E-state index is 11.4. The Hall–Kier alpha value is -0.177. The molecule has 0 heterocycles. The molecule has 0 spiro atoms. The van der Waals surface area contributed by atoms with Crippen molar-refractivity contribution in [3.05, 3.63) is 0 Å². The molecule has 96 valence electrons. The Bertz CT molecular complexity index is 238. The number of carbonyl (C=O) groups is 2. The molecule has 0 aliphatic carbocycles. The van der Waals surface area contributed by atoms with E-state index in [4.69, 9.17) is 9.84 Å². The van der Waals surface area contributed by atoms with Crippen molar-refractivity contribution in [2.24, 2.45) is 11.3 Å². The molecule has 4 nitrogen and oxygen atoms in total. The number of carboxylic acids is 1. The van der Waals surface area contributed by atoms with E-state index in [1.54, 1.807) is 0 Å². The van der Waals surface area contributed by atoms with Gasteiger partial charge in [0, 0.05) is 6.42 Å². The van der Waals surface area contributed by atoms with E-state index in [2.05, 4.69) is 0 Å². The van der Waals surface area contributed by atoms with Crippen molar-refractivity contribution >= 4 is 38.1 Å². The van der Waals surface area contributed by atoms with E-state index < -0.39 is 11.4 Å². The van der Waals surface area contributed by atoms with Crippen molar-refractivity contribution < 1.29 is 19.4 Å². The van der Waals surface area contributed by atoms with E-state index in [0.29, 0.717) is 12.8 Å². The minimum absolute atomic E-state index is 0. The number of methoxy groups -OCH3 is 1. The van der Waals surface area contributed by atoms with Crippen LogP contribution >= 0.6 is 0 Å². The van der Waals surface area contributed by atoms with Gasteiger partial charge in [0.1, 0.15) is 0 Å². The van der Waals surface area contributed by atoms with Gasteiger partial charge in [-0.05, 0) is 32.6 Å². The first kappa shape index (κ1) is 18.2. The van der Waals surface area contributed by atoms with E-state index in [1.807, 2.05) is 20.8 Å². The van der Waals surface area contributed by atoms with Gasteiger partial charge in [-0.15, -0.1) is 0 Å². The number of rotatable bonds is 6. The molecule has 0 bridgehead atoms. The summed E-state index contributed by atoms with van der Waals surface area (Å²) in [6, 6.07) is 0. The Morgan fingerprint density at radius 3 is 2.25 bits per heavy atom. The summed E-state index contributed by atoms with van der Waals surface area (Å²) < 4.78 is 4.71. The Kier molecular flexibility index (Phi) is 9.09. The van der Waals surface area contributed by atoms with Gasteiger partial charge in [0.2, 0.25) is 0 Å². The molecule has 0 amide bonds. The SMILES string of the molecule is COC(=O)C(C)(C)C(C)CCCC(=O)O.[BiH3]. The number of esters is 1. The molecule has 0 aliphatic heterocycles. The average Bonchev–Trinajstić information content (AvgIpc) is 2.15. The molecule has 0 saturated carbocycles. The van der Waals surface area contributed by atoms with Crippen molar-refractivity contribution in [3.63, 3.8) is 0 Å². The van der Waals surface area contributed by atoms with Crippen LogP contribution in [0.3, 0.4) is 0 Å². The Balaban J connectivity index is 0. The molecule has 5 heteroatoms. The van der Waals surface area contributed by atoms with Gasteiger partial charge < -0.3 is 9.84 Å². The summed E-state index contributed by atoms with van der Waals surface area (Å²) in [6.45, 7) is 5.59. The Labute approximate surface area is 116 Å². The third kappa shape index (κ3) is 5.78. The standard InChI is InChI=1S/C11H20O4.Bi.3H/c1-8(6-5-7-9(12)13)11(2,3)10(14)15-4;;;;/h8H,5-7H2,1-4H3,(H,12,13);;;;. The first-order valence-corrected chi connectivity index (χ1v) is 5.12. The van der Waals surface area contributed by atoms with Crippen LogP contribution in [0.4, 0.5) is 0 Å². The normalized spacial score (nSPS) is 12.5. The van der Waals surface area contributed by atoms with E-state index in [0.717, 1.165) is 0 Å².